The molecule has 1 rings (SSSR count). The number of aliphatic carboxylic acids is 1. The van der Waals surface area contributed by atoms with E-state index < -0.39 is 48.6 Å². The lowest BCUT2D eigenvalue weighted by atomic mass is 10.00. The Kier molecular flexibility index (Phi) is 6.94. The first-order valence-corrected chi connectivity index (χ1v) is 7.56. The molecule has 1 aliphatic heterocycles. The van der Waals surface area contributed by atoms with Gasteiger partial charge in [0.25, 0.3) is 0 Å². The van der Waals surface area contributed by atoms with Gasteiger partial charge in [-0.2, -0.15) is 0 Å². The molecular weight excluding hydrogens is 308 g/mol. The number of carboxylic acids is 1. The van der Waals surface area contributed by atoms with Crippen LogP contribution in [0, 0.1) is 0 Å². The summed E-state index contributed by atoms with van der Waals surface area (Å²) in [6, 6.07) is 0. The monoisotopic (exact) mass is 334 g/mol. The second-order valence-corrected chi connectivity index (χ2v) is 6.26. The van der Waals surface area contributed by atoms with Gasteiger partial charge in [0.15, 0.2) is 11.9 Å². The van der Waals surface area contributed by atoms with Crippen molar-refractivity contribution in [1.82, 2.24) is 0 Å². The molecular formula is C15H26O8. The van der Waals surface area contributed by atoms with Gasteiger partial charge >= 0.3 is 11.9 Å². The zero-order valence-electron chi connectivity index (χ0n) is 14.1. The number of aliphatic hydroxyl groups excluding tert-OH is 1. The van der Waals surface area contributed by atoms with Gasteiger partial charge in [-0.15, -0.1) is 0 Å². The molecule has 8 nitrogen and oxygen atoms in total. The third-order valence-corrected chi connectivity index (χ3v) is 3.21. The fourth-order valence-corrected chi connectivity index (χ4v) is 2.42. The van der Waals surface area contributed by atoms with E-state index in [-0.39, 0.29) is 12.7 Å². The van der Waals surface area contributed by atoms with Gasteiger partial charge in [0, 0.05) is 6.92 Å². The molecule has 0 saturated carbocycles. The summed E-state index contributed by atoms with van der Waals surface area (Å²) in [6.07, 6.45) is -4.89. The van der Waals surface area contributed by atoms with Crippen molar-refractivity contribution in [1.29, 1.82) is 0 Å². The molecule has 0 aromatic carbocycles. The summed E-state index contributed by atoms with van der Waals surface area (Å²) in [4.78, 5) is 22.3. The van der Waals surface area contributed by atoms with Crippen LogP contribution in [0.2, 0.25) is 0 Å². The van der Waals surface area contributed by atoms with Crippen LogP contribution in [0.15, 0.2) is 0 Å². The van der Waals surface area contributed by atoms with Crippen molar-refractivity contribution in [2.45, 2.75) is 77.3 Å². The summed E-state index contributed by atoms with van der Waals surface area (Å²) >= 11 is 0. The maximum Gasteiger partial charge on any atom is 0.306 e. The second kappa shape index (κ2) is 8.05. The number of hydrogen-bond donors (Lipinski definition) is 2. The average molecular weight is 334 g/mol. The van der Waals surface area contributed by atoms with Crippen molar-refractivity contribution in [2.75, 3.05) is 6.61 Å². The standard InChI is InChI=1S/C15H26O8/c1-8(2)21-13(10(17)6-12(18)19)14(22-9(3)16)11-7-20-15(4,5)23-11/h8,10-11,13-14,17H,6-7H2,1-5H3,(H,18,19)/t10-,11+,13+,14+/m0/s1. The van der Waals surface area contributed by atoms with Crippen molar-refractivity contribution >= 4 is 11.9 Å². The van der Waals surface area contributed by atoms with Crippen LogP contribution in [0.4, 0.5) is 0 Å². The number of carboxylic acid groups (broad SMARTS) is 1. The van der Waals surface area contributed by atoms with E-state index in [1.54, 1.807) is 27.7 Å². The Morgan fingerprint density at radius 1 is 1.35 bits per heavy atom. The van der Waals surface area contributed by atoms with Gasteiger partial charge in [-0.05, 0) is 27.7 Å². The molecule has 1 saturated heterocycles. The van der Waals surface area contributed by atoms with Crippen molar-refractivity contribution < 1.29 is 38.7 Å². The average Bonchev–Trinajstić information content (AvgIpc) is 2.72. The van der Waals surface area contributed by atoms with Gasteiger partial charge in [0.2, 0.25) is 0 Å². The molecule has 0 aromatic heterocycles. The van der Waals surface area contributed by atoms with Gasteiger partial charge in [0.1, 0.15) is 12.2 Å². The highest BCUT2D eigenvalue weighted by atomic mass is 16.8. The van der Waals surface area contributed by atoms with E-state index >= 15 is 0 Å². The van der Waals surface area contributed by atoms with Gasteiger partial charge in [0.05, 0.1) is 25.2 Å². The van der Waals surface area contributed by atoms with E-state index in [9.17, 15) is 14.7 Å². The maximum atomic E-state index is 11.4. The minimum atomic E-state index is -1.36. The molecule has 23 heavy (non-hydrogen) atoms. The number of rotatable bonds is 8. The minimum Gasteiger partial charge on any atom is -0.481 e. The lowest BCUT2D eigenvalue weighted by molar-refractivity contribution is -0.201. The third-order valence-electron chi connectivity index (χ3n) is 3.21. The zero-order chi connectivity index (χ0) is 17.8. The summed E-state index contributed by atoms with van der Waals surface area (Å²) in [7, 11) is 0. The summed E-state index contributed by atoms with van der Waals surface area (Å²) in [5, 5.41) is 19.1. The van der Waals surface area contributed by atoms with Crippen LogP contribution in [0.3, 0.4) is 0 Å². The molecule has 0 aliphatic carbocycles. The third kappa shape index (κ3) is 6.42. The van der Waals surface area contributed by atoms with E-state index in [0.29, 0.717) is 0 Å². The molecule has 0 unspecified atom stereocenters. The summed E-state index contributed by atoms with van der Waals surface area (Å²) in [6.45, 7) is 8.27. The molecule has 2 N–H and O–H groups in total. The zero-order valence-corrected chi connectivity index (χ0v) is 14.1. The predicted molar refractivity (Wildman–Crippen MR) is 78.7 cm³/mol. The largest absolute Gasteiger partial charge is 0.481 e. The molecule has 0 bridgehead atoms. The Labute approximate surface area is 135 Å². The number of ether oxygens (including phenoxy) is 4. The molecule has 0 aromatic rings. The number of hydrogen-bond acceptors (Lipinski definition) is 7. The van der Waals surface area contributed by atoms with Crippen LogP contribution in [-0.2, 0) is 28.5 Å². The van der Waals surface area contributed by atoms with Crippen LogP contribution in [0.1, 0.15) is 41.0 Å². The number of carbonyl (C=O) groups is 2. The Morgan fingerprint density at radius 2 is 1.96 bits per heavy atom. The highest BCUT2D eigenvalue weighted by molar-refractivity contribution is 5.67. The summed E-state index contributed by atoms with van der Waals surface area (Å²) < 4.78 is 22.1. The predicted octanol–water partition coefficient (Wildman–Crippen LogP) is 0.699. The quantitative estimate of drug-likeness (QED) is 0.624. The highest BCUT2D eigenvalue weighted by Crippen LogP contribution is 2.29. The van der Waals surface area contributed by atoms with E-state index in [0.717, 1.165) is 0 Å². The lowest BCUT2D eigenvalue weighted by Gasteiger charge is -2.34. The Balaban J connectivity index is 3.00. The maximum absolute atomic E-state index is 11.4. The lowest BCUT2D eigenvalue weighted by Crippen LogP contribution is -2.51. The van der Waals surface area contributed by atoms with E-state index in [1.165, 1.54) is 6.92 Å². The van der Waals surface area contributed by atoms with E-state index in [4.69, 9.17) is 24.1 Å². The summed E-state index contributed by atoms with van der Waals surface area (Å²) in [5.41, 5.74) is 0. The smallest absolute Gasteiger partial charge is 0.306 e. The van der Waals surface area contributed by atoms with Crippen molar-refractivity contribution in [2.24, 2.45) is 0 Å². The number of carbonyl (C=O) groups excluding carboxylic acids is 1. The normalized spacial score (nSPS) is 24.2. The molecule has 1 fully saturated rings. The first-order chi connectivity index (χ1) is 10.5. The van der Waals surface area contributed by atoms with Gasteiger partial charge in [-0.25, -0.2) is 0 Å². The van der Waals surface area contributed by atoms with Crippen molar-refractivity contribution in [3.8, 4) is 0 Å². The van der Waals surface area contributed by atoms with E-state index in [1.807, 2.05) is 0 Å². The van der Waals surface area contributed by atoms with Crippen LogP contribution in [-0.4, -0.2) is 65.1 Å². The molecule has 1 heterocycles. The number of aliphatic hydroxyl groups is 1. The molecule has 1 aliphatic rings. The summed E-state index contributed by atoms with van der Waals surface area (Å²) in [5.74, 6) is -2.62. The van der Waals surface area contributed by atoms with Gasteiger partial charge in [-0.3, -0.25) is 9.59 Å². The first-order valence-electron chi connectivity index (χ1n) is 7.56. The highest BCUT2D eigenvalue weighted by Gasteiger charge is 2.45. The van der Waals surface area contributed by atoms with E-state index in [2.05, 4.69) is 0 Å². The number of esters is 1. The van der Waals surface area contributed by atoms with Crippen molar-refractivity contribution in [3.05, 3.63) is 0 Å². The fraction of sp³-hybridized carbons (Fsp3) is 0.867. The fourth-order valence-electron chi connectivity index (χ4n) is 2.42. The van der Waals surface area contributed by atoms with Crippen LogP contribution < -0.4 is 0 Å². The van der Waals surface area contributed by atoms with Gasteiger partial charge in [-0.1, -0.05) is 0 Å². The van der Waals surface area contributed by atoms with Crippen LogP contribution in [0.5, 0.6) is 0 Å². The minimum absolute atomic E-state index is 0.142. The Hall–Kier alpha value is -1.22. The second-order valence-electron chi connectivity index (χ2n) is 6.26. The molecule has 0 amide bonds. The van der Waals surface area contributed by atoms with Gasteiger partial charge < -0.3 is 29.2 Å². The topological polar surface area (TPSA) is 112 Å². The van der Waals surface area contributed by atoms with Crippen molar-refractivity contribution in [3.63, 3.8) is 0 Å². The van der Waals surface area contributed by atoms with Crippen LogP contribution in [0.25, 0.3) is 0 Å². The molecule has 4 atom stereocenters. The van der Waals surface area contributed by atoms with Crippen LogP contribution >= 0.6 is 0 Å². The Bertz CT molecular complexity index is 420. The SMILES string of the molecule is CC(=O)O[C@@H]([C@H](OC(C)C)[C@@H](O)CC(=O)O)[C@H]1COC(C)(C)O1. The first kappa shape index (κ1) is 19.8. The molecule has 0 spiro atoms. The molecule has 134 valence electrons. The molecule has 0 radical (unpaired) electrons. The molecule has 8 heteroatoms. The Morgan fingerprint density at radius 3 is 2.35 bits per heavy atom.